The van der Waals surface area contributed by atoms with Gasteiger partial charge in [-0.2, -0.15) is 0 Å². The van der Waals surface area contributed by atoms with Crippen LogP contribution >= 0.6 is 0 Å². The van der Waals surface area contributed by atoms with E-state index in [9.17, 15) is 14.7 Å². The number of carbonyl (C=O) groups is 2. The van der Waals surface area contributed by atoms with Crippen LogP contribution in [0.25, 0.3) is 5.76 Å². The van der Waals surface area contributed by atoms with Crippen LogP contribution in [0.3, 0.4) is 0 Å². The lowest BCUT2D eigenvalue weighted by Gasteiger charge is -2.27. The minimum atomic E-state index is -0.766. The molecular formula is C32H37N3O4. The summed E-state index contributed by atoms with van der Waals surface area (Å²) in [5.41, 5.74) is 3.59. The van der Waals surface area contributed by atoms with Gasteiger partial charge < -0.3 is 19.6 Å². The lowest BCUT2D eigenvalue weighted by molar-refractivity contribution is -0.140. The van der Waals surface area contributed by atoms with Crippen molar-refractivity contribution >= 4 is 23.1 Å². The molecule has 1 aliphatic rings. The van der Waals surface area contributed by atoms with E-state index in [-0.39, 0.29) is 23.3 Å². The lowest BCUT2D eigenvalue weighted by atomic mass is 9.84. The number of hydrogen-bond acceptors (Lipinski definition) is 6. The summed E-state index contributed by atoms with van der Waals surface area (Å²) in [6.45, 7) is 12.2. The first-order chi connectivity index (χ1) is 18.6. The molecule has 0 spiro atoms. The SMILES string of the molecule is CCN(CC)c1ccc(C2/C(=C(/O)c3ccc(OC)c(C(C)(C)C)c3)C(=O)C(=O)N2Cc2ccccn2)cc1. The Balaban J connectivity index is 1.88. The molecule has 1 atom stereocenters. The predicted octanol–water partition coefficient (Wildman–Crippen LogP) is 5.86. The number of nitrogens with zero attached hydrogens (tertiary/aromatic N) is 3. The fraction of sp³-hybridized carbons (Fsp3) is 0.344. The van der Waals surface area contributed by atoms with Gasteiger partial charge in [-0.25, -0.2) is 0 Å². The summed E-state index contributed by atoms with van der Waals surface area (Å²) in [5.74, 6) is -0.889. The zero-order valence-corrected chi connectivity index (χ0v) is 23.6. The molecule has 2 aromatic carbocycles. The van der Waals surface area contributed by atoms with E-state index in [2.05, 4.69) is 44.5 Å². The highest BCUT2D eigenvalue weighted by Gasteiger charge is 2.46. The molecule has 1 saturated heterocycles. The van der Waals surface area contributed by atoms with E-state index >= 15 is 0 Å². The number of benzene rings is 2. The zero-order chi connectivity index (χ0) is 28.3. The summed E-state index contributed by atoms with van der Waals surface area (Å²) < 4.78 is 5.56. The van der Waals surface area contributed by atoms with Crippen LogP contribution in [-0.2, 0) is 21.5 Å². The maximum absolute atomic E-state index is 13.5. The van der Waals surface area contributed by atoms with Gasteiger partial charge in [0.05, 0.1) is 31.0 Å². The Labute approximate surface area is 230 Å². The molecular weight excluding hydrogens is 490 g/mol. The van der Waals surface area contributed by atoms with Crippen molar-refractivity contribution in [1.82, 2.24) is 9.88 Å². The molecule has 7 nitrogen and oxygen atoms in total. The highest BCUT2D eigenvalue weighted by atomic mass is 16.5. The number of aliphatic hydroxyl groups excluding tert-OH is 1. The van der Waals surface area contributed by atoms with Crippen LogP contribution in [0, 0.1) is 0 Å². The molecule has 0 saturated carbocycles. The molecule has 1 amide bonds. The Hall–Kier alpha value is -4.13. The van der Waals surface area contributed by atoms with Crippen LogP contribution in [-0.4, -0.2) is 46.9 Å². The van der Waals surface area contributed by atoms with E-state index < -0.39 is 17.7 Å². The normalized spacial score (nSPS) is 17.0. The molecule has 2 heterocycles. The Kier molecular flexibility index (Phi) is 8.09. The summed E-state index contributed by atoms with van der Waals surface area (Å²) in [7, 11) is 1.61. The van der Waals surface area contributed by atoms with Crippen molar-refractivity contribution in [2.75, 3.05) is 25.1 Å². The van der Waals surface area contributed by atoms with E-state index in [1.54, 1.807) is 31.5 Å². The first-order valence-corrected chi connectivity index (χ1v) is 13.3. The summed E-state index contributed by atoms with van der Waals surface area (Å²) >= 11 is 0. The summed E-state index contributed by atoms with van der Waals surface area (Å²) in [4.78, 5) is 35.0. The third-order valence-corrected chi connectivity index (χ3v) is 7.22. The van der Waals surface area contributed by atoms with Crippen molar-refractivity contribution in [3.8, 4) is 5.75 Å². The second-order valence-corrected chi connectivity index (χ2v) is 10.7. The quantitative estimate of drug-likeness (QED) is 0.225. The summed E-state index contributed by atoms with van der Waals surface area (Å²) in [5, 5.41) is 11.6. The van der Waals surface area contributed by atoms with Gasteiger partial charge in [-0.3, -0.25) is 14.6 Å². The molecule has 1 aromatic heterocycles. The third kappa shape index (κ3) is 5.53. The molecule has 1 unspecified atom stereocenters. The van der Waals surface area contributed by atoms with Gasteiger partial charge in [0.15, 0.2) is 0 Å². The Bertz CT molecular complexity index is 1370. The van der Waals surface area contributed by atoms with E-state index in [4.69, 9.17) is 4.74 Å². The van der Waals surface area contributed by atoms with Gasteiger partial charge in [0, 0.05) is 36.1 Å². The predicted molar refractivity (Wildman–Crippen MR) is 154 cm³/mol. The number of rotatable bonds is 8. The topological polar surface area (TPSA) is 83.0 Å². The van der Waals surface area contributed by atoms with Crippen LogP contribution in [0.4, 0.5) is 5.69 Å². The van der Waals surface area contributed by atoms with Gasteiger partial charge in [0.25, 0.3) is 11.7 Å². The number of hydrogen-bond donors (Lipinski definition) is 1. The molecule has 204 valence electrons. The number of carbonyl (C=O) groups excluding carboxylic acids is 2. The van der Waals surface area contributed by atoms with Gasteiger partial charge >= 0.3 is 0 Å². The standard InChI is InChI=1S/C32H37N3O4/c1-7-34(8-2)24-15-12-21(13-16-24)28-27(30(37)31(38)35(28)20-23-11-9-10-18-33-23)29(36)22-14-17-26(39-6)25(19-22)32(3,4)5/h9-19,28,36H,7-8,20H2,1-6H3/b29-27-. The number of methoxy groups -OCH3 is 1. The van der Waals surface area contributed by atoms with Crippen LogP contribution in [0.15, 0.2) is 72.4 Å². The van der Waals surface area contributed by atoms with Crippen LogP contribution in [0.1, 0.15) is 63.0 Å². The Morgan fingerprint density at radius 3 is 2.28 bits per heavy atom. The molecule has 0 radical (unpaired) electrons. The van der Waals surface area contributed by atoms with Crippen LogP contribution in [0.2, 0.25) is 0 Å². The second kappa shape index (κ2) is 11.3. The molecule has 1 fully saturated rings. The van der Waals surface area contributed by atoms with E-state index in [0.717, 1.165) is 29.9 Å². The lowest BCUT2D eigenvalue weighted by Crippen LogP contribution is -2.29. The van der Waals surface area contributed by atoms with Crippen molar-refractivity contribution in [2.45, 2.75) is 52.6 Å². The smallest absolute Gasteiger partial charge is 0.296 e. The minimum absolute atomic E-state index is 0.0662. The summed E-state index contributed by atoms with van der Waals surface area (Å²) in [6.07, 6.45) is 1.66. The van der Waals surface area contributed by atoms with Crippen molar-refractivity contribution in [3.63, 3.8) is 0 Å². The van der Waals surface area contributed by atoms with Crippen molar-refractivity contribution in [1.29, 1.82) is 0 Å². The van der Waals surface area contributed by atoms with Crippen molar-refractivity contribution < 1.29 is 19.4 Å². The second-order valence-electron chi connectivity index (χ2n) is 10.7. The molecule has 7 heteroatoms. The van der Waals surface area contributed by atoms with Crippen molar-refractivity contribution in [2.24, 2.45) is 0 Å². The van der Waals surface area contributed by atoms with Crippen molar-refractivity contribution in [3.05, 3.63) is 94.8 Å². The molecule has 4 rings (SSSR count). The largest absolute Gasteiger partial charge is 0.507 e. The first-order valence-electron chi connectivity index (χ1n) is 13.3. The maximum atomic E-state index is 13.5. The zero-order valence-electron chi connectivity index (χ0n) is 23.6. The number of ketones is 1. The van der Waals surface area contributed by atoms with Gasteiger partial charge in [-0.05, 0) is 67.3 Å². The average Bonchev–Trinajstić information content (AvgIpc) is 3.18. The number of likely N-dealkylation sites (tertiary alicyclic amines) is 1. The van der Waals surface area contributed by atoms with Gasteiger partial charge in [-0.1, -0.05) is 39.0 Å². The molecule has 0 bridgehead atoms. The first kappa shape index (κ1) is 27.9. The van der Waals surface area contributed by atoms with E-state index in [0.29, 0.717) is 17.0 Å². The Morgan fingerprint density at radius 2 is 1.72 bits per heavy atom. The minimum Gasteiger partial charge on any atom is -0.507 e. The van der Waals surface area contributed by atoms with Gasteiger partial charge in [-0.15, -0.1) is 0 Å². The molecule has 1 aliphatic heterocycles. The van der Waals surface area contributed by atoms with E-state index in [1.807, 2.05) is 42.5 Å². The fourth-order valence-electron chi connectivity index (χ4n) is 5.11. The third-order valence-electron chi connectivity index (χ3n) is 7.22. The number of Topliss-reactive ketones (excluding diaryl/α,β-unsaturated/α-hetero) is 1. The average molecular weight is 528 g/mol. The fourth-order valence-corrected chi connectivity index (χ4v) is 5.11. The highest BCUT2D eigenvalue weighted by molar-refractivity contribution is 6.46. The van der Waals surface area contributed by atoms with Gasteiger partial charge in [0.2, 0.25) is 0 Å². The van der Waals surface area contributed by atoms with Crippen LogP contribution in [0.5, 0.6) is 5.75 Å². The number of aromatic nitrogens is 1. The number of amides is 1. The number of anilines is 1. The molecule has 3 aromatic rings. The van der Waals surface area contributed by atoms with Gasteiger partial charge in [0.1, 0.15) is 11.5 Å². The molecule has 39 heavy (non-hydrogen) atoms. The number of ether oxygens (including phenoxy) is 1. The number of pyridine rings is 1. The maximum Gasteiger partial charge on any atom is 0.296 e. The molecule has 0 aliphatic carbocycles. The highest BCUT2D eigenvalue weighted by Crippen LogP contribution is 2.42. The van der Waals surface area contributed by atoms with Crippen LogP contribution < -0.4 is 9.64 Å². The Morgan fingerprint density at radius 1 is 1.03 bits per heavy atom. The van der Waals surface area contributed by atoms with E-state index in [1.165, 1.54) is 4.90 Å². The summed E-state index contributed by atoms with van der Waals surface area (Å²) in [6, 6.07) is 17.9. The monoisotopic (exact) mass is 527 g/mol. The molecule has 1 N–H and O–H groups in total. The number of aliphatic hydroxyl groups is 1.